The summed E-state index contributed by atoms with van der Waals surface area (Å²) in [5.74, 6) is -0.355. The highest BCUT2D eigenvalue weighted by Gasteiger charge is 2.33. The molecule has 0 aromatic heterocycles. The molecule has 3 aromatic rings. The third-order valence-corrected chi connectivity index (χ3v) is 8.76. The molecule has 8 nitrogen and oxygen atoms in total. The number of sulfonamides is 1. The number of nitrogens with one attached hydrogen (secondary N) is 1. The summed E-state index contributed by atoms with van der Waals surface area (Å²) in [6.45, 7) is 7.32. The Hall–Kier alpha value is -3.27. The zero-order valence-corrected chi connectivity index (χ0v) is 26.1. The number of hydrogen-bond acceptors (Lipinski definition) is 5. The van der Waals surface area contributed by atoms with E-state index in [0.29, 0.717) is 17.3 Å². The van der Waals surface area contributed by atoms with Crippen LogP contribution in [0, 0.1) is 12.8 Å². The predicted molar refractivity (Wildman–Crippen MR) is 163 cm³/mol. The highest BCUT2D eigenvalue weighted by Crippen LogP contribution is 2.32. The summed E-state index contributed by atoms with van der Waals surface area (Å²) in [6, 6.07) is 16.8. The number of anilines is 1. The quantitative estimate of drug-likeness (QED) is 0.281. The van der Waals surface area contributed by atoms with E-state index in [1.165, 1.54) is 42.3 Å². The van der Waals surface area contributed by atoms with E-state index in [1.54, 1.807) is 43.3 Å². The minimum Gasteiger partial charge on any atom is -0.495 e. The maximum atomic E-state index is 14.0. The van der Waals surface area contributed by atoms with Crippen LogP contribution < -0.4 is 14.4 Å². The standard InChI is InChI=1S/C30H35Cl2N3O5S/c1-20(2)17-33-30(37)22(4)34(18-23-8-10-24(31)11-9-23)29(36)19-35(25-12-15-28(40-5)27(32)16-25)41(38,39)26-13-6-21(3)7-14-26/h6-16,20,22H,17-19H2,1-5H3,(H,33,37). The van der Waals surface area contributed by atoms with Gasteiger partial charge in [0, 0.05) is 18.1 Å². The first-order valence-electron chi connectivity index (χ1n) is 13.1. The zero-order chi connectivity index (χ0) is 30.3. The van der Waals surface area contributed by atoms with Gasteiger partial charge in [0.2, 0.25) is 11.8 Å². The van der Waals surface area contributed by atoms with E-state index in [-0.39, 0.29) is 34.0 Å². The van der Waals surface area contributed by atoms with Gasteiger partial charge in [-0.3, -0.25) is 13.9 Å². The Labute approximate surface area is 252 Å². The Morgan fingerprint density at radius 1 is 0.951 bits per heavy atom. The van der Waals surface area contributed by atoms with Crippen LogP contribution in [0.3, 0.4) is 0 Å². The number of ether oxygens (including phenoxy) is 1. The van der Waals surface area contributed by atoms with Gasteiger partial charge in [-0.05, 0) is 67.8 Å². The summed E-state index contributed by atoms with van der Waals surface area (Å²) in [5.41, 5.74) is 1.79. The first kappa shape index (κ1) is 32.2. The van der Waals surface area contributed by atoms with Crippen molar-refractivity contribution in [3.05, 3.63) is 87.9 Å². The van der Waals surface area contributed by atoms with Crippen LogP contribution in [-0.2, 0) is 26.2 Å². The molecule has 0 aliphatic rings. The average molecular weight is 621 g/mol. The zero-order valence-electron chi connectivity index (χ0n) is 23.7. The van der Waals surface area contributed by atoms with Gasteiger partial charge in [0.1, 0.15) is 18.3 Å². The lowest BCUT2D eigenvalue weighted by molar-refractivity contribution is -0.139. The number of benzene rings is 3. The molecule has 0 spiro atoms. The van der Waals surface area contributed by atoms with Crippen LogP contribution in [0.15, 0.2) is 71.6 Å². The summed E-state index contributed by atoms with van der Waals surface area (Å²) >= 11 is 12.4. The number of methoxy groups -OCH3 is 1. The molecule has 41 heavy (non-hydrogen) atoms. The number of aryl methyl sites for hydroxylation is 1. The second-order valence-electron chi connectivity index (χ2n) is 10.1. The molecule has 1 unspecified atom stereocenters. The van der Waals surface area contributed by atoms with Gasteiger partial charge in [-0.15, -0.1) is 0 Å². The SMILES string of the molecule is COc1ccc(N(CC(=O)N(Cc2ccc(Cl)cc2)C(C)C(=O)NCC(C)C)S(=O)(=O)c2ccc(C)cc2)cc1Cl. The van der Waals surface area contributed by atoms with Crippen molar-refractivity contribution in [3.8, 4) is 5.75 Å². The maximum Gasteiger partial charge on any atom is 0.264 e. The van der Waals surface area contributed by atoms with Crippen LogP contribution in [-0.4, -0.2) is 51.4 Å². The monoisotopic (exact) mass is 619 g/mol. The largest absolute Gasteiger partial charge is 0.495 e. The number of hydrogen-bond donors (Lipinski definition) is 1. The summed E-state index contributed by atoms with van der Waals surface area (Å²) in [5, 5.41) is 3.57. The molecule has 3 rings (SSSR count). The molecule has 0 heterocycles. The molecule has 220 valence electrons. The smallest absolute Gasteiger partial charge is 0.264 e. The van der Waals surface area contributed by atoms with Crippen LogP contribution in [0.2, 0.25) is 10.0 Å². The van der Waals surface area contributed by atoms with E-state index in [2.05, 4.69) is 5.32 Å². The second-order valence-corrected chi connectivity index (χ2v) is 12.8. The predicted octanol–water partition coefficient (Wildman–Crippen LogP) is 5.70. The van der Waals surface area contributed by atoms with Gasteiger partial charge in [0.25, 0.3) is 10.0 Å². The van der Waals surface area contributed by atoms with E-state index in [9.17, 15) is 18.0 Å². The molecule has 3 aromatic carbocycles. The van der Waals surface area contributed by atoms with E-state index < -0.39 is 28.5 Å². The lowest BCUT2D eigenvalue weighted by Gasteiger charge is -2.32. The number of halogens is 2. The molecule has 0 aliphatic heterocycles. The Bertz CT molecular complexity index is 1460. The first-order chi connectivity index (χ1) is 19.3. The lowest BCUT2D eigenvalue weighted by atomic mass is 10.1. The summed E-state index contributed by atoms with van der Waals surface area (Å²) < 4.78 is 34.1. The normalized spacial score (nSPS) is 12.1. The van der Waals surface area contributed by atoms with Crippen LogP contribution in [0.4, 0.5) is 5.69 Å². The van der Waals surface area contributed by atoms with Crippen molar-refractivity contribution in [2.24, 2.45) is 5.92 Å². The molecular weight excluding hydrogens is 585 g/mol. The van der Waals surface area contributed by atoms with E-state index >= 15 is 0 Å². The lowest BCUT2D eigenvalue weighted by Crippen LogP contribution is -2.51. The number of amides is 2. The third kappa shape index (κ3) is 8.38. The third-order valence-electron chi connectivity index (χ3n) is 6.43. The van der Waals surface area contributed by atoms with Gasteiger partial charge < -0.3 is 15.0 Å². The van der Waals surface area contributed by atoms with Crippen molar-refractivity contribution in [1.29, 1.82) is 0 Å². The highest BCUT2D eigenvalue weighted by atomic mass is 35.5. The van der Waals surface area contributed by atoms with Crippen molar-refractivity contribution in [3.63, 3.8) is 0 Å². The van der Waals surface area contributed by atoms with Gasteiger partial charge in [0.05, 0.1) is 22.7 Å². The molecule has 1 N–H and O–H groups in total. The van der Waals surface area contributed by atoms with E-state index in [4.69, 9.17) is 27.9 Å². The van der Waals surface area contributed by atoms with Gasteiger partial charge in [-0.1, -0.05) is 66.9 Å². The van der Waals surface area contributed by atoms with Crippen molar-refractivity contribution in [1.82, 2.24) is 10.2 Å². The van der Waals surface area contributed by atoms with Crippen LogP contribution in [0.25, 0.3) is 0 Å². The molecule has 0 fully saturated rings. The molecule has 0 aliphatic carbocycles. The summed E-state index contributed by atoms with van der Waals surface area (Å²) in [4.78, 5) is 28.4. The van der Waals surface area contributed by atoms with Crippen LogP contribution in [0.5, 0.6) is 5.75 Å². The van der Waals surface area contributed by atoms with Crippen molar-refractivity contribution >= 4 is 50.7 Å². The fourth-order valence-electron chi connectivity index (χ4n) is 4.00. The minimum atomic E-state index is -4.21. The van der Waals surface area contributed by atoms with Crippen molar-refractivity contribution < 1.29 is 22.7 Å². The Morgan fingerprint density at radius 2 is 1.59 bits per heavy atom. The van der Waals surface area contributed by atoms with Crippen molar-refractivity contribution in [2.45, 2.75) is 45.2 Å². The number of rotatable bonds is 12. The molecule has 11 heteroatoms. The van der Waals surface area contributed by atoms with Gasteiger partial charge >= 0.3 is 0 Å². The summed E-state index contributed by atoms with van der Waals surface area (Å²) in [6.07, 6.45) is 0. The first-order valence-corrected chi connectivity index (χ1v) is 15.3. The van der Waals surface area contributed by atoms with Gasteiger partial charge in [-0.25, -0.2) is 8.42 Å². The fourth-order valence-corrected chi connectivity index (χ4v) is 5.78. The number of nitrogens with zero attached hydrogens (tertiary/aromatic N) is 2. The minimum absolute atomic E-state index is 0.00909. The fraction of sp³-hybridized carbons (Fsp3) is 0.333. The molecule has 1 atom stereocenters. The van der Waals surface area contributed by atoms with E-state index in [0.717, 1.165) is 15.4 Å². The molecule has 2 amide bonds. The van der Waals surface area contributed by atoms with E-state index in [1.807, 2.05) is 20.8 Å². The maximum absolute atomic E-state index is 14.0. The topological polar surface area (TPSA) is 96.0 Å². The van der Waals surface area contributed by atoms with Gasteiger partial charge in [0.15, 0.2) is 0 Å². The Balaban J connectivity index is 2.04. The Kier molecular flexibility index (Phi) is 11.1. The highest BCUT2D eigenvalue weighted by molar-refractivity contribution is 7.92. The number of carbonyl (C=O) groups is 2. The Morgan fingerprint density at radius 3 is 2.15 bits per heavy atom. The van der Waals surface area contributed by atoms with Gasteiger partial charge in [-0.2, -0.15) is 0 Å². The summed E-state index contributed by atoms with van der Waals surface area (Å²) in [7, 11) is -2.76. The molecule has 0 saturated heterocycles. The average Bonchev–Trinajstić information content (AvgIpc) is 2.93. The van der Waals surface area contributed by atoms with Crippen LogP contribution >= 0.6 is 23.2 Å². The molecular formula is C30H35Cl2N3O5S. The molecule has 0 bridgehead atoms. The molecule has 0 saturated carbocycles. The van der Waals surface area contributed by atoms with Crippen molar-refractivity contribution in [2.75, 3.05) is 24.5 Å². The molecule has 0 radical (unpaired) electrons. The number of carbonyl (C=O) groups excluding carboxylic acids is 2. The second kappa shape index (κ2) is 14.1. The van der Waals surface area contributed by atoms with Crippen LogP contribution in [0.1, 0.15) is 31.9 Å².